The van der Waals surface area contributed by atoms with Crippen molar-refractivity contribution in [3.8, 4) is 10.4 Å². The van der Waals surface area contributed by atoms with Crippen LogP contribution in [0.3, 0.4) is 0 Å². The van der Waals surface area contributed by atoms with Gasteiger partial charge in [0.05, 0.1) is 21.9 Å². The number of carbonyl (C=O) groups excluding carboxylic acids is 1. The number of thiazole rings is 1. The van der Waals surface area contributed by atoms with Crippen molar-refractivity contribution in [2.45, 2.75) is 6.42 Å². The number of aromatic nitrogens is 1. The number of amidine groups is 1. The van der Waals surface area contributed by atoms with E-state index >= 15 is 0 Å². The molecular formula is C24H20N4O3S2. The molecular weight excluding hydrogens is 456 g/mol. The summed E-state index contributed by atoms with van der Waals surface area (Å²) in [6, 6.07) is 20.0. The third kappa shape index (κ3) is 4.64. The van der Waals surface area contributed by atoms with Crippen LogP contribution in [0.1, 0.15) is 11.3 Å². The first-order valence-electron chi connectivity index (χ1n) is 10.4. The zero-order chi connectivity index (χ0) is 22.8. The van der Waals surface area contributed by atoms with Crippen molar-refractivity contribution in [2.75, 3.05) is 17.6 Å². The van der Waals surface area contributed by atoms with Crippen LogP contribution in [0.15, 0.2) is 89.0 Å². The minimum absolute atomic E-state index is 0.0779. The van der Waals surface area contributed by atoms with Crippen molar-refractivity contribution < 1.29 is 13.2 Å². The zero-order valence-electron chi connectivity index (χ0n) is 17.5. The Balaban J connectivity index is 1.46. The summed E-state index contributed by atoms with van der Waals surface area (Å²) in [5.41, 5.74) is 3.21. The highest BCUT2D eigenvalue weighted by molar-refractivity contribution is 7.90. The molecule has 33 heavy (non-hydrogen) atoms. The maximum Gasteiger partial charge on any atom is 0.261 e. The smallest absolute Gasteiger partial charge is 0.261 e. The average molecular weight is 477 g/mol. The van der Waals surface area contributed by atoms with Crippen LogP contribution in [0, 0.1) is 0 Å². The van der Waals surface area contributed by atoms with Crippen molar-refractivity contribution in [1.29, 1.82) is 0 Å². The normalized spacial score (nSPS) is 16.5. The second kappa shape index (κ2) is 8.76. The SMILES string of the molecule is O=C(Nc1nc(Cc2ccccc2)c(-c2ccccc2)s1)C1=CC=CN2CCS(=O)(=O)N=C12. The average Bonchev–Trinajstić information content (AvgIpc) is 3.21. The zero-order valence-corrected chi connectivity index (χ0v) is 19.1. The van der Waals surface area contributed by atoms with Crippen LogP contribution >= 0.6 is 11.3 Å². The maximum absolute atomic E-state index is 13.1. The highest BCUT2D eigenvalue weighted by Gasteiger charge is 2.30. The van der Waals surface area contributed by atoms with E-state index in [1.807, 2.05) is 60.7 Å². The number of carbonyl (C=O) groups is 1. The molecule has 3 heterocycles. The Morgan fingerprint density at radius 2 is 1.79 bits per heavy atom. The summed E-state index contributed by atoms with van der Waals surface area (Å²) in [7, 11) is -3.59. The highest BCUT2D eigenvalue weighted by atomic mass is 32.2. The quantitative estimate of drug-likeness (QED) is 0.604. The highest BCUT2D eigenvalue weighted by Crippen LogP contribution is 2.34. The number of nitrogens with zero attached hydrogens (tertiary/aromatic N) is 3. The van der Waals surface area contributed by atoms with Gasteiger partial charge in [-0.15, -0.1) is 4.40 Å². The fourth-order valence-corrected chi connectivity index (χ4v) is 5.66. The number of sulfonamides is 1. The molecule has 2 aromatic carbocycles. The van der Waals surface area contributed by atoms with Gasteiger partial charge in [-0.05, 0) is 23.3 Å². The van der Waals surface area contributed by atoms with Gasteiger partial charge in [-0.25, -0.2) is 13.4 Å². The largest absolute Gasteiger partial charge is 0.331 e. The number of nitrogens with one attached hydrogen (secondary N) is 1. The van der Waals surface area contributed by atoms with Gasteiger partial charge >= 0.3 is 0 Å². The van der Waals surface area contributed by atoms with Gasteiger partial charge in [0.25, 0.3) is 15.9 Å². The number of amides is 1. The molecule has 9 heteroatoms. The molecule has 0 saturated heterocycles. The predicted molar refractivity (Wildman–Crippen MR) is 131 cm³/mol. The third-order valence-corrected chi connectivity index (χ3v) is 7.48. The van der Waals surface area contributed by atoms with Crippen LogP contribution in [-0.2, 0) is 21.2 Å². The standard InChI is InChI=1S/C24H20N4O3S2/c29-23(19-12-7-13-28-14-15-33(30,31)27-22(19)28)26-24-25-20(16-17-8-3-1-4-9-17)21(32-24)18-10-5-2-6-11-18/h1-13H,14-16H2,(H,25,26,29). The fourth-order valence-electron chi connectivity index (χ4n) is 3.69. The van der Waals surface area contributed by atoms with E-state index in [4.69, 9.17) is 4.98 Å². The molecule has 1 N–H and O–H groups in total. The van der Waals surface area contributed by atoms with E-state index in [0.29, 0.717) is 11.6 Å². The number of benzene rings is 2. The molecule has 1 aromatic heterocycles. The molecule has 0 aliphatic carbocycles. The van der Waals surface area contributed by atoms with Crippen molar-refractivity contribution in [2.24, 2.45) is 4.40 Å². The molecule has 2 aliphatic heterocycles. The van der Waals surface area contributed by atoms with Crippen LogP contribution < -0.4 is 5.32 Å². The molecule has 0 radical (unpaired) electrons. The molecule has 0 bridgehead atoms. The lowest BCUT2D eigenvalue weighted by molar-refractivity contribution is -0.112. The number of allylic oxidation sites excluding steroid dienone is 2. The van der Waals surface area contributed by atoms with Gasteiger partial charge < -0.3 is 4.90 Å². The number of rotatable bonds is 5. The number of hydrogen-bond acceptors (Lipinski definition) is 6. The van der Waals surface area contributed by atoms with E-state index in [0.717, 1.165) is 21.7 Å². The summed E-state index contributed by atoms with van der Waals surface area (Å²) in [5.74, 6) is -0.378. The van der Waals surface area contributed by atoms with Gasteiger partial charge in [-0.3, -0.25) is 10.1 Å². The molecule has 0 atom stereocenters. The van der Waals surface area contributed by atoms with E-state index in [9.17, 15) is 13.2 Å². The molecule has 166 valence electrons. The summed E-state index contributed by atoms with van der Waals surface area (Å²) >= 11 is 1.39. The Hall–Kier alpha value is -3.56. The van der Waals surface area contributed by atoms with Crippen LogP contribution in [-0.4, -0.2) is 42.3 Å². The number of anilines is 1. The predicted octanol–water partition coefficient (Wildman–Crippen LogP) is 3.84. The molecule has 1 amide bonds. The van der Waals surface area contributed by atoms with Crippen LogP contribution in [0.2, 0.25) is 0 Å². The summed E-state index contributed by atoms with van der Waals surface area (Å²) in [5, 5.41) is 3.30. The van der Waals surface area contributed by atoms with Gasteiger partial charge in [0.1, 0.15) is 0 Å². The van der Waals surface area contributed by atoms with Gasteiger partial charge in [0.2, 0.25) is 0 Å². The first-order chi connectivity index (χ1) is 16.0. The molecule has 0 saturated carbocycles. The molecule has 7 nitrogen and oxygen atoms in total. The lowest BCUT2D eigenvalue weighted by atomic mass is 10.1. The van der Waals surface area contributed by atoms with Gasteiger partial charge in [0, 0.05) is 19.2 Å². The van der Waals surface area contributed by atoms with E-state index < -0.39 is 15.9 Å². The number of hydrogen-bond donors (Lipinski definition) is 1. The maximum atomic E-state index is 13.1. The van der Waals surface area contributed by atoms with Crippen molar-refractivity contribution in [1.82, 2.24) is 9.88 Å². The van der Waals surface area contributed by atoms with Crippen molar-refractivity contribution in [3.63, 3.8) is 0 Å². The first kappa shape index (κ1) is 21.3. The Kier molecular flexibility index (Phi) is 5.65. The second-order valence-corrected chi connectivity index (χ2v) is 10.3. The van der Waals surface area contributed by atoms with Crippen LogP contribution in [0.4, 0.5) is 5.13 Å². The summed E-state index contributed by atoms with van der Waals surface area (Å²) in [4.78, 5) is 20.5. The molecule has 5 rings (SSSR count). The third-order valence-electron chi connectivity index (χ3n) is 5.27. The van der Waals surface area contributed by atoms with E-state index in [1.54, 1.807) is 23.3 Å². The minimum atomic E-state index is -3.59. The lowest BCUT2D eigenvalue weighted by Crippen LogP contribution is -2.40. The van der Waals surface area contributed by atoms with Gasteiger partial charge in [-0.1, -0.05) is 72.0 Å². The Labute approximate surface area is 195 Å². The fraction of sp³-hybridized carbons (Fsp3) is 0.125. The topological polar surface area (TPSA) is 91.7 Å². The first-order valence-corrected chi connectivity index (χ1v) is 12.8. The second-order valence-electron chi connectivity index (χ2n) is 7.59. The van der Waals surface area contributed by atoms with Crippen molar-refractivity contribution in [3.05, 3.63) is 95.8 Å². The summed E-state index contributed by atoms with van der Waals surface area (Å²) in [6.07, 6.45) is 5.63. The van der Waals surface area contributed by atoms with E-state index in [1.165, 1.54) is 11.3 Å². The molecule has 0 spiro atoms. The van der Waals surface area contributed by atoms with Gasteiger partial charge in [-0.2, -0.15) is 0 Å². The monoisotopic (exact) mass is 476 g/mol. The molecule has 2 aliphatic rings. The molecule has 3 aromatic rings. The summed E-state index contributed by atoms with van der Waals surface area (Å²) < 4.78 is 27.8. The summed E-state index contributed by atoms with van der Waals surface area (Å²) in [6.45, 7) is 0.263. The van der Waals surface area contributed by atoms with Crippen molar-refractivity contribution >= 4 is 38.2 Å². The Bertz CT molecular complexity index is 1390. The Morgan fingerprint density at radius 1 is 1.06 bits per heavy atom. The molecule has 0 fully saturated rings. The molecule has 0 unspecified atom stereocenters. The Morgan fingerprint density at radius 3 is 2.55 bits per heavy atom. The van der Waals surface area contributed by atoms with E-state index in [2.05, 4.69) is 9.71 Å². The van der Waals surface area contributed by atoms with Gasteiger partial charge in [0.15, 0.2) is 11.0 Å². The minimum Gasteiger partial charge on any atom is -0.331 e. The number of fused-ring (bicyclic) bond motifs is 1. The lowest BCUT2D eigenvalue weighted by Gasteiger charge is -2.28. The van der Waals surface area contributed by atoms with E-state index in [-0.39, 0.29) is 23.7 Å². The van der Waals surface area contributed by atoms with Crippen LogP contribution in [0.25, 0.3) is 10.4 Å². The van der Waals surface area contributed by atoms with Crippen LogP contribution in [0.5, 0.6) is 0 Å².